The van der Waals surface area contributed by atoms with Gasteiger partial charge in [-0.2, -0.15) is 0 Å². The molecule has 1 aliphatic carbocycles. The molecule has 31 heavy (non-hydrogen) atoms. The van der Waals surface area contributed by atoms with E-state index < -0.39 is 23.5 Å². The van der Waals surface area contributed by atoms with Crippen molar-refractivity contribution in [3.05, 3.63) is 59.7 Å². The van der Waals surface area contributed by atoms with E-state index in [9.17, 15) is 14.4 Å². The third kappa shape index (κ3) is 4.71. The molecule has 0 heterocycles. The van der Waals surface area contributed by atoms with Crippen molar-refractivity contribution in [3.8, 4) is 11.1 Å². The van der Waals surface area contributed by atoms with Crippen molar-refractivity contribution in [1.29, 1.82) is 0 Å². The van der Waals surface area contributed by atoms with Gasteiger partial charge < -0.3 is 20.5 Å². The second-order valence-electron chi connectivity index (χ2n) is 7.64. The largest absolute Gasteiger partial charge is 0.481 e. The van der Waals surface area contributed by atoms with E-state index in [1.165, 1.54) is 0 Å². The Labute approximate surface area is 181 Å². The van der Waals surface area contributed by atoms with Crippen molar-refractivity contribution in [1.82, 2.24) is 10.6 Å². The minimum atomic E-state index is -1.15. The summed E-state index contributed by atoms with van der Waals surface area (Å²) in [4.78, 5) is 36.0. The molecule has 0 bridgehead atoms. The van der Waals surface area contributed by atoms with Crippen LogP contribution in [0.5, 0.6) is 0 Å². The van der Waals surface area contributed by atoms with Gasteiger partial charge in [0.15, 0.2) is 0 Å². The summed E-state index contributed by atoms with van der Waals surface area (Å²) in [5.41, 5.74) is 3.35. The van der Waals surface area contributed by atoms with Gasteiger partial charge in [-0.25, -0.2) is 4.79 Å². The Kier molecular flexibility index (Phi) is 6.95. The van der Waals surface area contributed by atoms with E-state index in [2.05, 4.69) is 22.8 Å². The van der Waals surface area contributed by atoms with Crippen LogP contribution in [-0.2, 0) is 14.3 Å². The Morgan fingerprint density at radius 1 is 0.968 bits per heavy atom. The highest BCUT2D eigenvalue weighted by atomic mass is 16.5. The summed E-state index contributed by atoms with van der Waals surface area (Å²) >= 11 is 0. The van der Waals surface area contributed by atoms with Crippen LogP contribution in [0, 0.1) is 0 Å². The van der Waals surface area contributed by atoms with Crippen LogP contribution in [0.3, 0.4) is 0 Å². The van der Waals surface area contributed by atoms with Crippen LogP contribution >= 0.6 is 0 Å². The van der Waals surface area contributed by atoms with E-state index in [0.29, 0.717) is 12.8 Å². The van der Waals surface area contributed by atoms with E-state index in [1.807, 2.05) is 36.4 Å². The minimum Gasteiger partial charge on any atom is -0.481 e. The van der Waals surface area contributed by atoms with Crippen LogP contribution < -0.4 is 10.6 Å². The van der Waals surface area contributed by atoms with Gasteiger partial charge in [-0.05, 0) is 35.1 Å². The van der Waals surface area contributed by atoms with Crippen molar-refractivity contribution in [2.75, 3.05) is 13.2 Å². The number of carboxylic acid groups (broad SMARTS) is 1. The van der Waals surface area contributed by atoms with E-state index in [1.54, 1.807) is 13.8 Å². The molecule has 164 valence electrons. The van der Waals surface area contributed by atoms with Gasteiger partial charge in [0.2, 0.25) is 5.91 Å². The van der Waals surface area contributed by atoms with Crippen LogP contribution in [0.4, 0.5) is 4.79 Å². The molecule has 7 heteroatoms. The van der Waals surface area contributed by atoms with E-state index in [0.717, 1.165) is 22.3 Å². The Hall–Kier alpha value is -3.35. The second kappa shape index (κ2) is 9.64. The van der Waals surface area contributed by atoms with E-state index in [4.69, 9.17) is 9.84 Å². The standard InChI is InChI=1S/C24H28N2O5/c1-3-24(4-2,22(29)25-14-13-21(27)28)26-23(30)31-15-20-18-11-7-5-9-16(18)17-10-6-8-12-19(17)20/h5-12,20H,3-4,13-15H2,1-2H3,(H,25,29)(H,26,30)(H,27,28). The number of hydrogen-bond acceptors (Lipinski definition) is 4. The molecule has 0 aromatic heterocycles. The first-order valence-corrected chi connectivity index (χ1v) is 10.5. The zero-order valence-electron chi connectivity index (χ0n) is 17.8. The van der Waals surface area contributed by atoms with Gasteiger partial charge in [0.05, 0.1) is 6.42 Å². The van der Waals surface area contributed by atoms with Gasteiger partial charge in [-0.3, -0.25) is 9.59 Å². The maximum atomic E-state index is 12.7. The first-order valence-electron chi connectivity index (χ1n) is 10.5. The Balaban J connectivity index is 1.67. The molecule has 0 fully saturated rings. The summed E-state index contributed by atoms with van der Waals surface area (Å²) in [6.45, 7) is 3.75. The van der Waals surface area contributed by atoms with Gasteiger partial charge in [0.1, 0.15) is 12.1 Å². The molecular formula is C24H28N2O5. The number of carbonyl (C=O) groups is 3. The number of carbonyl (C=O) groups excluding carboxylic acids is 2. The maximum absolute atomic E-state index is 12.7. The molecular weight excluding hydrogens is 396 g/mol. The predicted octanol–water partition coefficient (Wildman–Crippen LogP) is 3.67. The summed E-state index contributed by atoms with van der Waals surface area (Å²) in [6, 6.07) is 16.1. The Morgan fingerprint density at radius 3 is 2.03 bits per heavy atom. The van der Waals surface area contributed by atoms with Gasteiger partial charge in [-0.1, -0.05) is 62.4 Å². The van der Waals surface area contributed by atoms with Crippen molar-refractivity contribution in [2.24, 2.45) is 0 Å². The van der Waals surface area contributed by atoms with Gasteiger partial charge >= 0.3 is 12.1 Å². The SMILES string of the molecule is CCC(CC)(NC(=O)OCC1c2ccccc2-c2ccccc21)C(=O)NCCC(=O)O. The minimum absolute atomic E-state index is 0.00227. The fourth-order valence-corrected chi connectivity index (χ4v) is 4.09. The highest BCUT2D eigenvalue weighted by Gasteiger charge is 2.37. The molecule has 0 atom stereocenters. The van der Waals surface area contributed by atoms with Crippen molar-refractivity contribution >= 4 is 18.0 Å². The molecule has 0 radical (unpaired) electrons. The average molecular weight is 424 g/mol. The number of nitrogens with one attached hydrogen (secondary N) is 2. The smallest absolute Gasteiger partial charge is 0.408 e. The van der Waals surface area contributed by atoms with Gasteiger partial charge in [0, 0.05) is 12.5 Å². The summed E-state index contributed by atoms with van der Waals surface area (Å²) in [5, 5.41) is 14.1. The van der Waals surface area contributed by atoms with Crippen molar-refractivity contribution in [2.45, 2.75) is 44.6 Å². The lowest BCUT2D eigenvalue weighted by Crippen LogP contribution is -2.58. The lowest BCUT2D eigenvalue weighted by Gasteiger charge is -2.31. The zero-order valence-corrected chi connectivity index (χ0v) is 17.8. The molecule has 2 aromatic rings. The normalized spacial score (nSPS) is 12.6. The molecule has 0 spiro atoms. The summed E-state index contributed by atoms with van der Waals surface area (Å²) in [6.07, 6.45) is -0.140. The highest BCUT2D eigenvalue weighted by molar-refractivity contribution is 5.90. The number of rotatable bonds is 9. The molecule has 7 nitrogen and oxygen atoms in total. The third-order valence-electron chi connectivity index (χ3n) is 5.95. The molecule has 0 saturated heterocycles. The number of amides is 2. The number of ether oxygens (including phenoxy) is 1. The lowest BCUT2D eigenvalue weighted by atomic mass is 9.91. The lowest BCUT2D eigenvalue weighted by molar-refractivity contribution is -0.137. The summed E-state index contributed by atoms with van der Waals surface area (Å²) in [7, 11) is 0. The first kappa shape index (κ1) is 22.3. The van der Waals surface area contributed by atoms with Crippen LogP contribution in [0.25, 0.3) is 11.1 Å². The molecule has 0 aliphatic heterocycles. The first-order chi connectivity index (χ1) is 14.9. The average Bonchev–Trinajstić information content (AvgIpc) is 3.09. The zero-order chi connectivity index (χ0) is 22.4. The summed E-state index contributed by atoms with van der Waals surface area (Å²) < 4.78 is 5.57. The number of aliphatic carboxylic acids is 1. The maximum Gasteiger partial charge on any atom is 0.408 e. The fourth-order valence-electron chi connectivity index (χ4n) is 4.09. The molecule has 2 aromatic carbocycles. The number of fused-ring (bicyclic) bond motifs is 3. The van der Waals surface area contributed by atoms with Crippen LogP contribution in [0.1, 0.15) is 50.2 Å². The third-order valence-corrected chi connectivity index (χ3v) is 5.95. The molecule has 3 N–H and O–H groups in total. The number of carboxylic acids is 1. The Morgan fingerprint density at radius 2 is 1.52 bits per heavy atom. The summed E-state index contributed by atoms with van der Waals surface area (Å²) in [5.74, 6) is -1.48. The van der Waals surface area contributed by atoms with Crippen molar-refractivity contribution < 1.29 is 24.2 Å². The number of benzene rings is 2. The molecule has 2 amide bonds. The quantitative estimate of drug-likeness (QED) is 0.570. The highest BCUT2D eigenvalue weighted by Crippen LogP contribution is 2.44. The second-order valence-corrected chi connectivity index (χ2v) is 7.64. The van der Waals surface area contributed by atoms with Crippen LogP contribution in [-0.4, -0.2) is 41.8 Å². The molecule has 0 unspecified atom stereocenters. The van der Waals surface area contributed by atoms with E-state index in [-0.39, 0.29) is 25.5 Å². The number of alkyl carbamates (subject to hydrolysis) is 1. The fraction of sp³-hybridized carbons (Fsp3) is 0.375. The van der Waals surface area contributed by atoms with Crippen LogP contribution in [0.2, 0.25) is 0 Å². The molecule has 0 saturated carbocycles. The van der Waals surface area contributed by atoms with E-state index >= 15 is 0 Å². The monoisotopic (exact) mass is 424 g/mol. The van der Waals surface area contributed by atoms with Crippen LogP contribution in [0.15, 0.2) is 48.5 Å². The van der Waals surface area contributed by atoms with Gasteiger partial charge in [-0.15, -0.1) is 0 Å². The number of hydrogen-bond donors (Lipinski definition) is 3. The van der Waals surface area contributed by atoms with Gasteiger partial charge in [0.25, 0.3) is 0 Å². The Bertz CT molecular complexity index is 922. The van der Waals surface area contributed by atoms with Crippen molar-refractivity contribution in [3.63, 3.8) is 0 Å². The predicted molar refractivity (Wildman–Crippen MR) is 117 cm³/mol. The molecule has 3 rings (SSSR count). The molecule has 1 aliphatic rings. The topological polar surface area (TPSA) is 105 Å².